The van der Waals surface area contributed by atoms with E-state index in [9.17, 15) is 0 Å². The summed E-state index contributed by atoms with van der Waals surface area (Å²) < 4.78 is 1.01. The molecule has 0 amide bonds. The van der Waals surface area contributed by atoms with Gasteiger partial charge in [-0.2, -0.15) is 0 Å². The lowest BCUT2D eigenvalue weighted by Gasteiger charge is -2.09. The van der Waals surface area contributed by atoms with Crippen LogP contribution in [0.2, 0.25) is 0 Å². The summed E-state index contributed by atoms with van der Waals surface area (Å²) >= 11 is 3.47. The first-order valence-electron chi connectivity index (χ1n) is 4.74. The number of nitrogen functional groups attached to an aromatic ring is 1. The van der Waals surface area contributed by atoms with E-state index in [1.165, 1.54) is 0 Å². The topological polar surface area (TPSA) is 63.0 Å². The zero-order chi connectivity index (χ0) is 11.4. The van der Waals surface area contributed by atoms with Crippen molar-refractivity contribution in [3.05, 3.63) is 47.1 Å². The Morgan fingerprint density at radius 2 is 2.00 bits per heavy atom. The van der Waals surface area contributed by atoms with Crippen molar-refractivity contribution >= 4 is 33.1 Å². The second kappa shape index (κ2) is 4.96. The van der Waals surface area contributed by atoms with E-state index in [1.54, 1.807) is 6.20 Å². The molecule has 16 heavy (non-hydrogen) atoms. The zero-order valence-electron chi connectivity index (χ0n) is 8.44. The molecule has 1 heterocycles. The number of rotatable bonds is 3. The van der Waals surface area contributed by atoms with Gasteiger partial charge in [0.2, 0.25) is 0 Å². The second-order valence-corrected chi connectivity index (χ2v) is 4.03. The fourth-order valence-corrected chi connectivity index (χ4v) is 1.69. The van der Waals surface area contributed by atoms with Gasteiger partial charge in [-0.05, 0) is 34.1 Å². The van der Waals surface area contributed by atoms with Gasteiger partial charge in [-0.1, -0.05) is 12.1 Å². The Kier molecular flexibility index (Phi) is 3.38. The first kappa shape index (κ1) is 10.9. The highest BCUT2D eigenvalue weighted by Gasteiger charge is 1.99. The Morgan fingerprint density at radius 3 is 2.75 bits per heavy atom. The van der Waals surface area contributed by atoms with Gasteiger partial charge in [0.1, 0.15) is 5.82 Å². The summed E-state index contributed by atoms with van der Waals surface area (Å²) in [4.78, 5) is 4.03. The van der Waals surface area contributed by atoms with Crippen molar-refractivity contribution in [1.82, 2.24) is 4.98 Å². The minimum absolute atomic E-state index is 0.622. The van der Waals surface area contributed by atoms with Gasteiger partial charge in [0.15, 0.2) is 0 Å². The summed E-state index contributed by atoms with van der Waals surface area (Å²) in [6.07, 6.45) is 1.69. The van der Waals surface area contributed by atoms with Crippen molar-refractivity contribution in [1.29, 1.82) is 0 Å². The van der Waals surface area contributed by atoms with Crippen LogP contribution in [0.1, 0.15) is 0 Å². The van der Waals surface area contributed by atoms with E-state index in [2.05, 4.69) is 31.7 Å². The lowest BCUT2D eigenvalue weighted by Crippen LogP contribution is -2.08. The lowest BCUT2D eigenvalue weighted by molar-refractivity contribution is 1.23. The largest absolute Gasteiger partial charge is 0.354 e. The second-order valence-electron chi connectivity index (χ2n) is 3.18. The Bertz CT molecular complexity index is 487. The molecule has 1 aromatic heterocycles. The Balaban J connectivity index is 2.24. The molecule has 4 N–H and O–H groups in total. The van der Waals surface area contributed by atoms with Crippen LogP contribution in [0, 0.1) is 0 Å². The third-order valence-corrected chi connectivity index (χ3v) is 2.75. The van der Waals surface area contributed by atoms with Crippen LogP contribution in [-0.2, 0) is 0 Å². The van der Waals surface area contributed by atoms with Gasteiger partial charge >= 0.3 is 0 Å². The number of hydrogen-bond donors (Lipinski definition) is 3. The fraction of sp³-hybridized carbons (Fsp3) is 0. The van der Waals surface area contributed by atoms with E-state index in [1.807, 2.05) is 36.4 Å². The van der Waals surface area contributed by atoms with Gasteiger partial charge < -0.3 is 10.7 Å². The average molecular weight is 279 g/mol. The number of nitrogens with zero attached hydrogens (tertiary/aromatic N) is 1. The van der Waals surface area contributed by atoms with Gasteiger partial charge in [0.25, 0.3) is 0 Å². The van der Waals surface area contributed by atoms with E-state index in [0.29, 0.717) is 5.82 Å². The molecule has 0 fully saturated rings. The lowest BCUT2D eigenvalue weighted by atomic mass is 10.3. The quantitative estimate of drug-likeness (QED) is 0.597. The van der Waals surface area contributed by atoms with Crippen molar-refractivity contribution in [2.24, 2.45) is 5.84 Å². The number of nitrogens with two attached hydrogens (primary N) is 1. The van der Waals surface area contributed by atoms with Crippen LogP contribution in [0.5, 0.6) is 0 Å². The summed E-state index contributed by atoms with van der Waals surface area (Å²) in [5, 5.41) is 3.26. The van der Waals surface area contributed by atoms with Crippen molar-refractivity contribution in [2.45, 2.75) is 0 Å². The van der Waals surface area contributed by atoms with E-state index in [0.717, 1.165) is 15.8 Å². The van der Waals surface area contributed by atoms with Crippen LogP contribution in [-0.4, -0.2) is 4.98 Å². The van der Waals surface area contributed by atoms with E-state index in [4.69, 9.17) is 5.84 Å². The molecule has 82 valence electrons. The van der Waals surface area contributed by atoms with Crippen LogP contribution in [0.4, 0.5) is 17.2 Å². The number of aromatic nitrogens is 1. The van der Waals surface area contributed by atoms with Gasteiger partial charge in [-0.3, -0.25) is 0 Å². The molecule has 0 bridgehead atoms. The molecule has 0 unspecified atom stereocenters. The summed E-state index contributed by atoms with van der Waals surface area (Å²) in [7, 11) is 0. The SMILES string of the molecule is NNc1cc(Nc2ccccc2Br)ccn1. The van der Waals surface area contributed by atoms with Crippen molar-refractivity contribution in [3.8, 4) is 0 Å². The maximum absolute atomic E-state index is 5.29. The van der Waals surface area contributed by atoms with E-state index >= 15 is 0 Å². The molecule has 0 radical (unpaired) electrons. The normalized spacial score (nSPS) is 9.88. The number of anilines is 3. The average Bonchev–Trinajstić information content (AvgIpc) is 2.32. The van der Waals surface area contributed by atoms with Gasteiger partial charge in [0, 0.05) is 22.4 Å². The first-order valence-corrected chi connectivity index (χ1v) is 5.53. The molecule has 2 aromatic rings. The number of nitrogens with one attached hydrogen (secondary N) is 2. The third kappa shape index (κ3) is 2.50. The van der Waals surface area contributed by atoms with Crippen LogP contribution in [0.25, 0.3) is 0 Å². The van der Waals surface area contributed by atoms with Gasteiger partial charge in [-0.15, -0.1) is 0 Å². The monoisotopic (exact) mass is 278 g/mol. The summed E-state index contributed by atoms with van der Waals surface area (Å²) in [5.74, 6) is 5.91. The molecule has 0 saturated heterocycles. The van der Waals surface area contributed by atoms with Crippen molar-refractivity contribution in [3.63, 3.8) is 0 Å². The predicted octanol–water partition coefficient (Wildman–Crippen LogP) is 2.87. The fourth-order valence-electron chi connectivity index (χ4n) is 1.31. The van der Waals surface area contributed by atoms with Crippen LogP contribution >= 0.6 is 15.9 Å². The molecule has 2 rings (SSSR count). The van der Waals surface area contributed by atoms with Gasteiger partial charge in [0.05, 0.1) is 5.69 Å². The number of hydrazine groups is 1. The number of para-hydroxylation sites is 1. The molecular formula is C11H11BrN4. The van der Waals surface area contributed by atoms with Crippen LogP contribution < -0.4 is 16.6 Å². The van der Waals surface area contributed by atoms with E-state index < -0.39 is 0 Å². The molecule has 4 nitrogen and oxygen atoms in total. The molecular weight excluding hydrogens is 268 g/mol. The summed E-state index contributed by atoms with van der Waals surface area (Å²) in [6, 6.07) is 11.6. The number of benzene rings is 1. The highest BCUT2D eigenvalue weighted by molar-refractivity contribution is 9.10. The minimum atomic E-state index is 0.622. The van der Waals surface area contributed by atoms with Crippen molar-refractivity contribution in [2.75, 3.05) is 10.7 Å². The Morgan fingerprint density at radius 1 is 1.19 bits per heavy atom. The summed E-state index contributed by atoms with van der Waals surface area (Å²) in [6.45, 7) is 0. The zero-order valence-corrected chi connectivity index (χ0v) is 10.0. The highest BCUT2D eigenvalue weighted by atomic mass is 79.9. The molecule has 5 heteroatoms. The smallest absolute Gasteiger partial charge is 0.141 e. The van der Waals surface area contributed by atoms with Gasteiger partial charge in [-0.25, -0.2) is 10.8 Å². The third-order valence-electron chi connectivity index (χ3n) is 2.06. The molecule has 0 atom stereocenters. The van der Waals surface area contributed by atoms with Crippen molar-refractivity contribution < 1.29 is 0 Å². The molecule has 0 aliphatic carbocycles. The molecule has 0 aliphatic heterocycles. The number of pyridine rings is 1. The Labute approximate surface area is 102 Å². The molecule has 0 aliphatic rings. The minimum Gasteiger partial charge on any atom is -0.354 e. The van der Waals surface area contributed by atoms with E-state index in [-0.39, 0.29) is 0 Å². The Hall–Kier alpha value is -1.59. The number of hydrogen-bond acceptors (Lipinski definition) is 4. The molecule has 0 spiro atoms. The summed E-state index contributed by atoms with van der Waals surface area (Å²) in [5.41, 5.74) is 4.43. The molecule has 0 saturated carbocycles. The number of halogens is 1. The van der Waals surface area contributed by atoms with Crippen LogP contribution in [0.3, 0.4) is 0 Å². The maximum Gasteiger partial charge on any atom is 0.141 e. The standard InChI is InChI=1S/C11H11BrN4/c12-9-3-1-2-4-10(9)15-8-5-6-14-11(7-8)16-13/h1-7H,13H2,(H2,14,15,16). The predicted molar refractivity (Wildman–Crippen MR) is 69.5 cm³/mol. The van der Waals surface area contributed by atoms with Crippen LogP contribution in [0.15, 0.2) is 47.1 Å². The molecule has 1 aromatic carbocycles. The first-order chi connectivity index (χ1) is 7.79. The maximum atomic E-state index is 5.29. The highest BCUT2D eigenvalue weighted by Crippen LogP contribution is 2.25.